The molecule has 27 heavy (non-hydrogen) atoms. The SMILES string of the molecule is Cl.NCc1ccc(-c2nnc3n2-c2cccnc2Nc2ccccc2-3)cc1. The quantitative estimate of drug-likeness (QED) is 0.487. The Morgan fingerprint density at radius 3 is 2.48 bits per heavy atom. The molecule has 2 aromatic heterocycles. The summed E-state index contributed by atoms with van der Waals surface area (Å²) in [6, 6.07) is 20.1. The molecule has 0 amide bonds. The average Bonchev–Trinajstić information content (AvgIpc) is 3.08. The second-order valence-electron chi connectivity index (χ2n) is 6.13. The molecule has 0 atom stereocenters. The zero-order valence-electron chi connectivity index (χ0n) is 14.3. The van der Waals surface area contributed by atoms with Crippen LogP contribution < -0.4 is 11.1 Å². The number of halogens is 1. The van der Waals surface area contributed by atoms with Crippen molar-refractivity contribution in [3.8, 4) is 28.5 Å². The molecular weight excluding hydrogens is 360 g/mol. The summed E-state index contributed by atoms with van der Waals surface area (Å²) >= 11 is 0. The molecule has 6 nitrogen and oxygen atoms in total. The van der Waals surface area contributed by atoms with Gasteiger partial charge in [-0.2, -0.15) is 0 Å². The molecule has 1 aliphatic rings. The first-order chi connectivity index (χ1) is 12.8. The van der Waals surface area contributed by atoms with E-state index in [0.29, 0.717) is 6.54 Å². The van der Waals surface area contributed by atoms with E-state index in [2.05, 4.69) is 25.1 Å². The summed E-state index contributed by atoms with van der Waals surface area (Å²) in [5.74, 6) is 2.34. The number of rotatable bonds is 2. The van der Waals surface area contributed by atoms with Crippen LogP contribution in [0.2, 0.25) is 0 Å². The molecule has 0 radical (unpaired) electrons. The third-order valence-corrected chi connectivity index (χ3v) is 4.56. The van der Waals surface area contributed by atoms with Crippen LogP contribution in [0.4, 0.5) is 11.5 Å². The van der Waals surface area contributed by atoms with Gasteiger partial charge in [0.2, 0.25) is 0 Å². The number of pyridine rings is 1. The summed E-state index contributed by atoms with van der Waals surface area (Å²) in [5.41, 5.74) is 10.6. The molecule has 134 valence electrons. The predicted octanol–water partition coefficient (Wildman–Crippen LogP) is 3.93. The van der Waals surface area contributed by atoms with Crippen LogP contribution in [0.15, 0.2) is 66.9 Å². The minimum atomic E-state index is 0. The van der Waals surface area contributed by atoms with Crippen molar-refractivity contribution in [2.75, 3.05) is 5.32 Å². The van der Waals surface area contributed by atoms with Crippen molar-refractivity contribution in [3.63, 3.8) is 0 Å². The predicted molar refractivity (Wildman–Crippen MR) is 108 cm³/mol. The number of hydrogen-bond donors (Lipinski definition) is 2. The van der Waals surface area contributed by atoms with E-state index in [1.165, 1.54) is 0 Å². The summed E-state index contributed by atoms with van der Waals surface area (Å²) in [7, 11) is 0. The molecule has 0 spiro atoms. The molecule has 7 heteroatoms. The van der Waals surface area contributed by atoms with Gasteiger partial charge in [0.15, 0.2) is 17.5 Å². The molecule has 0 unspecified atom stereocenters. The topological polar surface area (TPSA) is 81.7 Å². The van der Waals surface area contributed by atoms with E-state index in [4.69, 9.17) is 5.73 Å². The van der Waals surface area contributed by atoms with Crippen LogP contribution in [0, 0.1) is 0 Å². The van der Waals surface area contributed by atoms with Gasteiger partial charge < -0.3 is 11.1 Å². The average molecular weight is 377 g/mol. The van der Waals surface area contributed by atoms with Gasteiger partial charge in [-0.05, 0) is 29.8 Å². The Bertz CT molecular complexity index is 1100. The van der Waals surface area contributed by atoms with Crippen molar-refractivity contribution in [2.24, 2.45) is 5.73 Å². The Balaban J connectivity index is 0.00000180. The molecule has 0 fully saturated rings. The van der Waals surface area contributed by atoms with E-state index in [-0.39, 0.29) is 12.4 Å². The zero-order valence-corrected chi connectivity index (χ0v) is 15.1. The maximum Gasteiger partial charge on any atom is 0.171 e. The first-order valence-corrected chi connectivity index (χ1v) is 8.42. The maximum atomic E-state index is 5.72. The fraction of sp³-hybridized carbons (Fsp3) is 0.0500. The van der Waals surface area contributed by atoms with Crippen LogP contribution >= 0.6 is 12.4 Å². The van der Waals surface area contributed by atoms with E-state index < -0.39 is 0 Å². The van der Waals surface area contributed by atoms with Gasteiger partial charge in [-0.15, -0.1) is 22.6 Å². The minimum absolute atomic E-state index is 0. The van der Waals surface area contributed by atoms with Gasteiger partial charge in [0, 0.05) is 23.9 Å². The molecule has 2 aromatic carbocycles. The van der Waals surface area contributed by atoms with Gasteiger partial charge in [0.25, 0.3) is 0 Å². The van der Waals surface area contributed by atoms with Gasteiger partial charge in [0.05, 0.1) is 11.4 Å². The lowest BCUT2D eigenvalue weighted by molar-refractivity contribution is 1.05. The molecule has 4 aromatic rings. The van der Waals surface area contributed by atoms with Crippen LogP contribution in [0.5, 0.6) is 0 Å². The fourth-order valence-corrected chi connectivity index (χ4v) is 3.25. The lowest BCUT2D eigenvalue weighted by atomic mass is 10.1. The molecule has 0 saturated heterocycles. The molecule has 1 aliphatic heterocycles. The Labute approximate surface area is 162 Å². The number of nitrogens with one attached hydrogen (secondary N) is 1. The summed E-state index contributed by atoms with van der Waals surface area (Å²) in [5, 5.41) is 12.4. The van der Waals surface area contributed by atoms with E-state index in [9.17, 15) is 0 Å². The lowest BCUT2D eigenvalue weighted by Gasteiger charge is -2.11. The highest BCUT2D eigenvalue weighted by Crippen LogP contribution is 2.38. The van der Waals surface area contributed by atoms with Crippen molar-refractivity contribution < 1.29 is 0 Å². The highest BCUT2D eigenvalue weighted by atomic mass is 35.5. The lowest BCUT2D eigenvalue weighted by Crippen LogP contribution is -2.02. The van der Waals surface area contributed by atoms with Crippen LogP contribution in [-0.4, -0.2) is 19.7 Å². The number of nitrogens with two attached hydrogens (primary N) is 1. The fourth-order valence-electron chi connectivity index (χ4n) is 3.25. The second-order valence-corrected chi connectivity index (χ2v) is 6.13. The molecule has 3 heterocycles. The van der Waals surface area contributed by atoms with Crippen molar-refractivity contribution in [3.05, 3.63) is 72.4 Å². The van der Waals surface area contributed by atoms with Crippen molar-refractivity contribution in [1.82, 2.24) is 19.7 Å². The highest BCUT2D eigenvalue weighted by Gasteiger charge is 2.24. The van der Waals surface area contributed by atoms with Crippen LogP contribution in [0.25, 0.3) is 28.5 Å². The van der Waals surface area contributed by atoms with Crippen molar-refractivity contribution >= 4 is 23.9 Å². The molecule has 3 N–H and O–H groups in total. The number of para-hydroxylation sites is 1. The van der Waals surface area contributed by atoms with E-state index in [1.807, 2.05) is 60.7 Å². The molecule has 0 aliphatic carbocycles. The van der Waals surface area contributed by atoms with Gasteiger partial charge in [-0.25, -0.2) is 4.98 Å². The molecular formula is C20H17ClN6. The van der Waals surface area contributed by atoms with Gasteiger partial charge in [-0.3, -0.25) is 4.57 Å². The first-order valence-electron chi connectivity index (χ1n) is 8.42. The number of fused-ring (bicyclic) bond motifs is 5. The Morgan fingerprint density at radius 2 is 1.67 bits per heavy atom. The normalized spacial score (nSPS) is 11.3. The second kappa shape index (κ2) is 6.83. The zero-order chi connectivity index (χ0) is 17.5. The number of nitrogens with zero attached hydrogens (tertiary/aromatic N) is 4. The number of aromatic nitrogens is 4. The molecule has 5 rings (SSSR count). The van der Waals surface area contributed by atoms with Crippen LogP contribution in [0.3, 0.4) is 0 Å². The maximum absolute atomic E-state index is 5.72. The molecule has 0 saturated carbocycles. The summed E-state index contributed by atoms with van der Waals surface area (Å²) < 4.78 is 2.05. The Kier molecular flexibility index (Phi) is 4.35. The Morgan fingerprint density at radius 1 is 0.889 bits per heavy atom. The third-order valence-electron chi connectivity index (χ3n) is 4.56. The smallest absolute Gasteiger partial charge is 0.171 e. The van der Waals surface area contributed by atoms with Crippen molar-refractivity contribution in [1.29, 1.82) is 0 Å². The summed E-state index contributed by atoms with van der Waals surface area (Å²) in [6.45, 7) is 0.516. The van der Waals surface area contributed by atoms with Gasteiger partial charge >= 0.3 is 0 Å². The number of hydrogen-bond acceptors (Lipinski definition) is 5. The minimum Gasteiger partial charge on any atom is -0.338 e. The van der Waals surface area contributed by atoms with Gasteiger partial charge in [0.1, 0.15) is 0 Å². The third kappa shape index (κ3) is 2.75. The van der Waals surface area contributed by atoms with Gasteiger partial charge in [-0.1, -0.05) is 36.4 Å². The van der Waals surface area contributed by atoms with Crippen LogP contribution in [-0.2, 0) is 6.54 Å². The summed E-state index contributed by atoms with van der Waals surface area (Å²) in [6.07, 6.45) is 1.78. The Hall–Kier alpha value is -3.22. The van der Waals surface area contributed by atoms with E-state index in [0.717, 1.165) is 45.5 Å². The standard InChI is InChI=1S/C20H16N6.ClH/c21-12-13-7-9-14(10-8-13)19-24-25-20-15-4-1-2-5-16(15)23-18-17(26(19)20)6-3-11-22-18;/h1-11H,12,21H2,(H,22,23);1H. The summed E-state index contributed by atoms with van der Waals surface area (Å²) in [4.78, 5) is 4.51. The number of benzene rings is 2. The first kappa shape index (κ1) is 17.2. The monoisotopic (exact) mass is 376 g/mol. The van der Waals surface area contributed by atoms with E-state index >= 15 is 0 Å². The van der Waals surface area contributed by atoms with E-state index in [1.54, 1.807) is 6.20 Å². The van der Waals surface area contributed by atoms with Crippen molar-refractivity contribution in [2.45, 2.75) is 6.54 Å². The van der Waals surface area contributed by atoms with Crippen LogP contribution in [0.1, 0.15) is 5.56 Å². The highest BCUT2D eigenvalue weighted by molar-refractivity contribution is 5.85. The number of anilines is 2. The largest absolute Gasteiger partial charge is 0.338 e. The molecule has 0 bridgehead atoms.